The van der Waals surface area contributed by atoms with E-state index in [1.54, 1.807) is 43.6 Å². The molecular formula is C44H48Cl2FN9O6. The van der Waals surface area contributed by atoms with Crippen molar-refractivity contribution in [3.05, 3.63) is 87.5 Å². The minimum atomic E-state index is -1.02. The molecule has 2 aromatic carbocycles. The maximum Gasteiger partial charge on any atom is 0.264 e. The molecule has 8 rings (SSSR count). The van der Waals surface area contributed by atoms with E-state index in [1.807, 2.05) is 15.8 Å². The average Bonchev–Trinajstić information content (AvgIpc) is 3.83. The van der Waals surface area contributed by atoms with Gasteiger partial charge in [0.25, 0.3) is 11.8 Å². The van der Waals surface area contributed by atoms with Crippen LogP contribution in [0, 0.1) is 11.7 Å². The van der Waals surface area contributed by atoms with Crippen LogP contribution < -0.4 is 21.1 Å². The second-order valence-electron chi connectivity index (χ2n) is 16.4. The van der Waals surface area contributed by atoms with Gasteiger partial charge in [-0.1, -0.05) is 35.7 Å². The van der Waals surface area contributed by atoms with Gasteiger partial charge in [0.2, 0.25) is 17.7 Å². The van der Waals surface area contributed by atoms with Crippen molar-refractivity contribution in [2.24, 2.45) is 5.92 Å². The number of unbranched alkanes of at least 4 members (excludes halogenated alkanes) is 2. The Balaban J connectivity index is 0.723. The van der Waals surface area contributed by atoms with E-state index in [4.69, 9.17) is 33.7 Å². The molecule has 0 spiro atoms. The largest absolute Gasteiger partial charge is 0.482 e. The van der Waals surface area contributed by atoms with Crippen LogP contribution in [0.4, 0.5) is 15.9 Å². The van der Waals surface area contributed by atoms with Crippen molar-refractivity contribution in [1.29, 1.82) is 0 Å². The number of nitrogens with zero attached hydrogens (tertiary/aromatic N) is 6. The van der Waals surface area contributed by atoms with Crippen molar-refractivity contribution in [3.8, 4) is 16.9 Å². The van der Waals surface area contributed by atoms with E-state index in [0.29, 0.717) is 43.1 Å². The highest BCUT2D eigenvalue weighted by atomic mass is 35.5. The van der Waals surface area contributed by atoms with Crippen LogP contribution in [0.2, 0.25) is 10.0 Å². The fraction of sp³-hybridized carbons (Fsp3) is 0.432. The molecule has 2 unspecified atom stereocenters. The lowest BCUT2D eigenvalue weighted by Gasteiger charge is -2.39. The van der Waals surface area contributed by atoms with Gasteiger partial charge < -0.3 is 25.6 Å². The number of nitrogens with one attached hydrogen (secondary N) is 2. The van der Waals surface area contributed by atoms with E-state index in [1.165, 1.54) is 12.1 Å². The molecule has 5 amide bonds. The predicted molar refractivity (Wildman–Crippen MR) is 230 cm³/mol. The number of piperidine rings is 2. The molecule has 2 atom stereocenters. The standard InChI is InChI=1S/C44H48Cl2FN9O6/c1-25(38-31(45)9-10-32(47)40(38)46)62-35-18-27(20-50-41(35)48)28-21-51-55(24-28)29-13-16-53(17-14-29)15-4-2-3-8-37(58)54-22-26(23-54)19-49-33-7-5-6-30-39(33)44(61)56(43(30)60)34-11-12-36(57)52-42(34)59/h5-7,9-10,18,20-21,24-26,29,34,49H,2-4,8,11-17,19,22-23H2,1H3,(H2,48,50)(H,52,57,59). The van der Waals surface area contributed by atoms with Crippen molar-refractivity contribution in [1.82, 2.24) is 34.8 Å². The number of ether oxygens (including phenoxy) is 1. The molecule has 2 aromatic heterocycles. The molecule has 3 fully saturated rings. The van der Waals surface area contributed by atoms with Crippen molar-refractivity contribution in [2.75, 3.05) is 50.3 Å². The van der Waals surface area contributed by atoms with Gasteiger partial charge in [-0.05, 0) is 75.9 Å². The third-order valence-corrected chi connectivity index (χ3v) is 13.0. The first kappa shape index (κ1) is 43.1. The molecule has 326 valence electrons. The summed E-state index contributed by atoms with van der Waals surface area (Å²) in [6.07, 6.45) is 10.2. The highest BCUT2D eigenvalue weighted by Gasteiger charge is 2.46. The lowest BCUT2D eigenvalue weighted by molar-refractivity contribution is -0.137. The molecule has 4 aliphatic rings. The van der Waals surface area contributed by atoms with Gasteiger partial charge in [0.1, 0.15) is 18.0 Å². The summed E-state index contributed by atoms with van der Waals surface area (Å²) in [5.74, 6) is -1.88. The number of anilines is 2. The van der Waals surface area contributed by atoms with Gasteiger partial charge in [0.15, 0.2) is 11.6 Å². The molecule has 18 heteroatoms. The summed E-state index contributed by atoms with van der Waals surface area (Å²) in [5.41, 5.74) is 9.09. The molecule has 4 aromatic rings. The molecule has 0 aliphatic carbocycles. The molecule has 0 radical (unpaired) electrons. The Morgan fingerprint density at radius 3 is 2.58 bits per heavy atom. The second-order valence-corrected chi connectivity index (χ2v) is 17.2. The van der Waals surface area contributed by atoms with Crippen LogP contribution in [0.25, 0.3) is 11.1 Å². The molecular weight excluding hydrogens is 840 g/mol. The first-order valence-electron chi connectivity index (χ1n) is 21.0. The minimum Gasteiger partial charge on any atom is -0.482 e. The van der Waals surface area contributed by atoms with Crippen molar-refractivity contribution in [3.63, 3.8) is 0 Å². The van der Waals surface area contributed by atoms with Crippen LogP contribution >= 0.6 is 23.2 Å². The Bertz CT molecular complexity index is 2400. The van der Waals surface area contributed by atoms with Gasteiger partial charge in [-0.3, -0.25) is 38.9 Å². The molecule has 4 aliphatic heterocycles. The third-order valence-electron chi connectivity index (χ3n) is 12.3. The third kappa shape index (κ3) is 8.99. The highest BCUT2D eigenvalue weighted by molar-refractivity contribution is 6.36. The zero-order valence-corrected chi connectivity index (χ0v) is 35.8. The highest BCUT2D eigenvalue weighted by Crippen LogP contribution is 2.38. The van der Waals surface area contributed by atoms with Gasteiger partial charge >= 0.3 is 0 Å². The van der Waals surface area contributed by atoms with Crippen LogP contribution in [-0.4, -0.2) is 104 Å². The number of pyridine rings is 1. The topological polar surface area (TPSA) is 185 Å². The van der Waals surface area contributed by atoms with E-state index < -0.39 is 41.6 Å². The van der Waals surface area contributed by atoms with Gasteiger partial charge in [0, 0.05) is 91.3 Å². The van der Waals surface area contributed by atoms with Crippen molar-refractivity contribution < 1.29 is 33.1 Å². The fourth-order valence-electron chi connectivity index (χ4n) is 8.73. The van der Waals surface area contributed by atoms with Gasteiger partial charge in [-0.25, -0.2) is 9.37 Å². The zero-order chi connectivity index (χ0) is 43.7. The number of benzene rings is 2. The summed E-state index contributed by atoms with van der Waals surface area (Å²) in [6, 6.07) is 8.68. The molecule has 4 N–H and O–H groups in total. The Hall–Kier alpha value is -5.58. The summed E-state index contributed by atoms with van der Waals surface area (Å²) < 4.78 is 22.2. The number of hydrogen-bond donors (Lipinski definition) is 3. The molecule has 0 saturated carbocycles. The van der Waals surface area contributed by atoms with Crippen LogP contribution in [0.5, 0.6) is 5.75 Å². The van der Waals surface area contributed by atoms with E-state index in [2.05, 4.69) is 25.6 Å². The van der Waals surface area contributed by atoms with Crippen LogP contribution in [0.1, 0.15) is 96.7 Å². The van der Waals surface area contributed by atoms with Gasteiger partial charge in [-0.2, -0.15) is 5.10 Å². The predicted octanol–water partition coefficient (Wildman–Crippen LogP) is 6.28. The van der Waals surface area contributed by atoms with E-state index in [0.717, 1.165) is 67.8 Å². The molecule has 0 bridgehead atoms. The lowest BCUT2D eigenvalue weighted by atomic mass is 9.98. The summed E-state index contributed by atoms with van der Waals surface area (Å²) >= 11 is 12.5. The van der Waals surface area contributed by atoms with E-state index in [9.17, 15) is 28.4 Å². The Kier molecular flexibility index (Phi) is 12.8. The number of carbonyl (C=O) groups excluding carboxylic acids is 5. The summed E-state index contributed by atoms with van der Waals surface area (Å²) in [5, 5.41) is 10.4. The van der Waals surface area contributed by atoms with Crippen LogP contribution in [-0.2, 0) is 14.4 Å². The maximum absolute atomic E-state index is 14.2. The van der Waals surface area contributed by atoms with Gasteiger partial charge in [0.05, 0.1) is 28.4 Å². The molecule has 6 heterocycles. The van der Waals surface area contributed by atoms with Gasteiger partial charge in [-0.15, -0.1) is 0 Å². The van der Waals surface area contributed by atoms with Crippen molar-refractivity contribution >= 4 is 64.2 Å². The Morgan fingerprint density at radius 2 is 1.81 bits per heavy atom. The van der Waals surface area contributed by atoms with Crippen LogP contribution in [0.3, 0.4) is 0 Å². The monoisotopic (exact) mass is 887 g/mol. The summed E-state index contributed by atoms with van der Waals surface area (Å²) in [6.45, 7) is 6.39. The SMILES string of the molecule is CC(Oc1cc(-c2cnn(C3CCN(CCCCCC(=O)N4CC(CNc5cccc6c5C(=O)N(C5CCC(=O)NC5=O)C6=O)C4)CC3)c2)cnc1N)c1c(Cl)ccc(F)c1Cl. The first-order chi connectivity index (χ1) is 29.9. The number of amides is 5. The number of aromatic nitrogens is 3. The molecule has 15 nitrogen and oxygen atoms in total. The number of hydrogen-bond acceptors (Lipinski definition) is 11. The Labute approximate surface area is 368 Å². The number of fused-ring (bicyclic) bond motifs is 1. The summed E-state index contributed by atoms with van der Waals surface area (Å²) in [4.78, 5) is 73.1. The number of rotatable bonds is 15. The molecule has 3 saturated heterocycles. The van der Waals surface area contributed by atoms with Crippen molar-refractivity contribution in [2.45, 2.75) is 76.5 Å². The van der Waals surface area contributed by atoms with Crippen LogP contribution in [0.15, 0.2) is 55.0 Å². The quantitative estimate of drug-likeness (QED) is 0.0694. The van der Waals surface area contributed by atoms with E-state index in [-0.39, 0.29) is 57.7 Å². The number of halogens is 3. The second kappa shape index (κ2) is 18.4. The normalized spacial score (nSPS) is 19.1. The summed E-state index contributed by atoms with van der Waals surface area (Å²) in [7, 11) is 0. The fourth-order valence-corrected chi connectivity index (χ4v) is 9.41. The lowest BCUT2D eigenvalue weighted by Crippen LogP contribution is -2.54. The number of nitrogens with two attached hydrogens (primary N) is 1. The number of carbonyl (C=O) groups is 5. The van der Waals surface area contributed by atoms with E-state index >= 15 is 0 Å². The smallest absolute Gasteiger partial charge is 0.264 e. The first-order valence-corrected chi connectivity index (χ1v) is 21.8. The Morgan fingerprint density at radius 1 is 1.02 bits per heavy atom. The number of nitrogen functional groups attached to an aromatic ring is 1. The number of imide groups is 2. The number of likely N-dealkylation sites (tertiary alicyclic amines) is 2. The zero-order valence-electron chi connectivity index (χ0n) is 34.2. The average molecular weight is 889 g/mol. The minimum absolute atomic E-state index is 0.0612. The molecule has 62 heavy (non-hydrogen) atoms. The maximum atomic E-state index is 14.2.